The van der Waals surface area contributed by atoms with E-state index in [1.165, 1.54) is 5.56 Å². The van der Waals surface area contributed by atoms with Gasteiger partial charge in [0.25, 0.3) is 5.91 Å². The molecule has 0 bridgehead atoms. The number of aryl methyl sites for hydroxylation is 3. The number of carboxylic acid groups (broad SMARTS) is 1. The average Bonchev–Trinajstić information content (AvgIpc) is 3.33. The van der Waals surface area contributed by atoms with Crippen molar-refractivity contribution in [2.24, 2.45) is 0 Å². The van der Waals surface area contributed by atoms with Crippen LogP contribution in [0.15, 0.2) is 30.3 Å². The number of hydrogen-bond donors (Lipinski definition) is 2. The van der Waals surface area contributed by atoms with Crippen molar-refractivity contribution in [2.75, 3.05) is 25.2 Å². The molecule has 2 aliphatic heterocycles. The summed E-state index contributed by atoms with van der Waals surface area (Å²) in [5.41, 5.74) is 10.0. The third-order valence-corrected chi connectivity index (χ3v) is 7.77. The summed E-state index contributed by atoms with van der Waals surface area (Å²) in [7, 11) is 1.62. The van der Waals surface area contributed by atoms with Crippen LogP contribution < -0.4 is 14.4 Å². The molecule has 0 radical (unpaired) electrons. The predicted octanol–water partition coefficient (Wildman–Crippen LogP) is 6.53. The Morgan fingerprint density at radius 3 is 2.29 bits per heavy atom. The smallest absolute Gasteiger partial charge is 0.307 e. The molecule has 0 saturated carbocycles. The molecule has 0 aliphatic carbocycles. The molecule has 1 amide bonds. The molecule has 7 nitrogen and oxygen atoms in total. The summed E-state index contributed by atoms with van der Waals surface area (Å²) in [6, 6.07) is 9.62. The molecule has 2 aliphatic rings. The largest absolute Gasteiger partial charge is 0.496 e. The van der Waals surface area contributed by atoms with Gasteiger partial charge in [-0.05, 0) is 148 Å². The third kappa shape index (κ3) is 6.46. The Morgan fingerprint density at radius 1 is 0.976 bits per heavy atom. The van der Waals surface area contributed by atoms with E-state index in [0.29, 0.717) is 18.5 Å². The number of aliphatic carboxylic acids is 1. The predicted molar refractivity (Wildman–Crippen MR) is 166 cm³/mol. The van der Waals surface area contributed by atoms with Gasteiger partial charge in [-0.2, -0.15) is 0 Å². The van der Waals surface area contributed by atoms with Crippen molar-refractivity contribution in [3.8, 4) is 22.6 Å². The van der Waals surface area contributed by atoms with E-state index in [-0.39, 0.29) is 12.3 Å². The quantitative estimate of drug-likeness (QED) is 0.360. The number of nitrogens with zero attached hydrogens (tertiary/aromatic N) is 1. The Hall–Kier alpha value is -3.84. The Bertz CT molecular complexity index is 1530. The first-order chi connectivity index (χ1) is 19.7. The molecule has 0 spiro atoms. The zero-order valence-electron chi connectivity index (χ0n) is 26.1. The van der Waals surface area contributed by atoms with Crippen LogP contribution in [0.3, 0.4) is 0 Å². The van der Waals surface area contributed by atoms with E-state index in [2.05, 4.69) is 19.9 Å². The maximum atomic E-state index is 13.7. The Balaban J connectivity index is 0.000000748. The summed E-state index contributed by atoms with van der Waals surface area (Å²) in [6.07, 6.45) is 2.52. The number of hydrogen-bond acceptors (Lipinski definition) is 5. The number of amides is 1. The first-order valence-corrected chi connectivity index (χ1v) is 14.5. The minimum absolute atomic E-state index is 0.0624. The van der Waals surface area contributed by atoms with Gasteiger partial charge >= 0.3 is 5.97 Å². The van der Waals surface area contributed by atoms with Gasteiger partial charge in [0, 0.05) is 17.8 Å². The van der Waals surface area contributed by atoms with E-state index in [9.17, 15) is 14.7 Å². The lowest BCUT2D eigenvalue weighted by Crippen LogP contribution is -2.29. The number of aliphatic hydroxyl groups is 1. The number of methoxy groups -OCH3 is 1. The van der Waals surface area contributed by atoms with Crippen LogP contribution in [0.25, 0.3) is 11.1 Å². The van der Waals surface area contributed by atoms with Gasteiger partial charge in [-0.1, -0.05) is 0 Å². The van der Waals surface area contributed by atoms with Crippen molar-refractivity contribution >= 4 is 17.6 Å². The van der Waals surface area contributed by atoms with E-state index in [1.807, 2.05) is 36.9 Å². The Labute approximate surface area is 249 Å². The summed E-state index contributed by atoms with van der Waals surface area (Å²) in [4.78, 5) is 27.4. The number of carbonyl (C=O) groups is 2. The first kappa shape index (κ1) is 31.1. The Morgan fingerprint density at radius 2 is 1.67 bits per heavy atom. The maximum absolute atomic E-state index is 13.7. The van der Waals surface area contributed by atoms with Gasteiger partial charge in [0.05, 0.1) is 25.7 Å². The van der Waals surface area contributed by atoms with Gasteiger partial charge in [-0.25, -0.2) is 0 Å². The van der Waals surface area contributed by atoms with Crippen molar-refractivity contribution in [1.29, 1.82) is 0 Å². The number of fused-ring (bicyclic) bond motifs is 2. The molecular weight excluding hydrogens is 530 g/mol. The molecule has 2 heterocycles. The number of benzene rings is 3. The van der Waals surface area contributed by atoms with E-state index in [0.717, 1.165) is 81.1 Å². The number of anilines is 1. The van der Waals surface area contributed by atoms with E-state index < -0.39 is 11.6 Å². The fraction of sp³-hybridized carbons (Fsp3) is 0.429. The lowest BCUT2D eigenvalue weighted by molar-refractivity contribution is -0.136. The van der Waals surface area contributed by atoms with Crippen LogP contribution in [0.5, 0.6) is 11.5 Å². The molecule has 3 aromatic carbocycles. The van der Waals surface area contributed by atoms with Crippen LogP contribution >= 0.6 is 0 Å². The summed E-state index contributed by atoms with van der Waals surface area (Å²) in [5, 5.41) is 18.3. The minimum Gasteiger partial charge on any atom is -0.496 e. The Kier molecular flexibility index (Phi) is 9.02. The molecule has 0 saturated heterocycles. The van der Waals surface area contributed by atoms with Gasteiger partial charge in [-0.15, -0.1) is 0 Å². The summed E-state index contributed by atoms with van der Waals surface area (Å²) in [6.45, 7) is 14.5. The van der Waals surface area contributed by atoms with Gasteiger partial charge in [0.15, 0.2) is 0 Å². The van der Waals surface area contributed by atoms with Crippen LogP contribution in [-0.4, -0.2) is 48.0 Å². The molecule has 0 atom stereocenters. The monoisotopic (exact) mass is 573 g/mol. The number of carbonyl (C=O) groups excluding carboxylic acids is 1. The van der Waals surface area contributed by atoms with Crippen molar-refractivity contribution in [2.45, 2.75) is 79.8 Å². The lowest BCUT2D eigenvalue weighted by atomic mass is 9.83. The second-order valence-corrected chi connectivity index (χ2v) is 12.3. The number of ether oxygens (including phenoxy) is 2. The third-order valence-electron chi connectivity index (χ3n) is 7.77. The van der Waals surface area contributed by atoms with Crippen LogP contribution in [0.4, 0.5) is 5.69 Å². The van der Waals surface area contributed by atoms with Gasteiger partial charge in [0.1, 0.15) is 11.5 Å². The van der Waals surface area contributed by atoms with Crippen molar-refractivity contribution < 1.29 is 29.3 Å². The molecule has 7 heteroatoms. The molecule has 3 aromatic rings. The maximum Gasteiger partial charge on any atom is 0.307 e. The molecule has 5 rings (SSSR count). The average molecular weight is 574 g/mol. The normalized spacial score (nSPS) is 13.9. The molecule has 2 N–H and O–H groups in total. The molecule has 224 valence electrons. The van der Waals surface area contributed by atoms with E-state index in [1.54, 1.807) is 33.9 Å². The van der Waals surface area contributed by atoms with Crippen molar-refractivity contribution in [3.63, 3.8) is 0 Å². The van der Waals surface area contributed by atoms with Crippen LogP contribution in [0, 0.1) is 27.7 Å². The van der Waals surface area contributed by atoms with Gasteiger partial charge < -0.3 is 24.6 Å². The summed E-state index contributed by atoms with van der Waals surface area (Å²) < 4.78 is 11.4. The van der Waals surface area contributed by atoms with Gasteiger partial charge in [-0.3, -0.25) is 9.59 Å². The zero-order valence-corrected chi connectivity index (χ0v) is 26.1. The highest BCUT2D eigenvalue weighted by Crippen LogP contribution is 2.45. The highest BCUT2D eigenvalue weighted by Gasteiger charge is 2.32. The van der Waals surface area contributed by atoms with Crippen LogP contribution in [0.1, 0.15) is 76.5 Å². The van der Waals surface area contributed by atoms with Gasteiger partial charge in [0.2, 0.25) is 0 Å². The second kappa shape index (κ2) is 12.2. The molecule has 0 aromatic heterocycles. The molecule has 0 fully saturated rings. The lowest BCUT2D eigenvalue weighted by Gasteiger charge is -2.26. The highest BCUT2D eigenvalue weighted by atomic mass is 16.5. The fourth-order valence-corrected chi connectivity index (χ4v) is 5.95. The molecule has 42 heavy (non-hydrogen) atoms. The van der Waals surface area contributed by atoms with Crippen molar-refractivity contribution in [1.82, 2.24) is 0 Å². The van der Waals surface area contributed by atoms with E-state index >= 15 is 0 Å². The topological polar surface area (TPSA) is 96.3 Å². The second-order valence-electron chi connectivity index (χ2n) is 12.3. The zero-order chi connectivity index (χ0) is 30.9. The molecular formula is C35H43NO6. The molecule has 0 unspecified atom stereocenters. The summed E-state index contributed by atoms with van der Waals surface area (Å²) >= 11 is 0. The fourth-order valence-electron chi connectivity index (χ4n) is 5.95. The summed E-state index contributed by atoms with van der Waals surface area (Å²) in [5.74, 6) is 0.785. The SMILES string of the molecule is CC(C)(C)O.COc1ccc(C(=O)N2CCc3c2cc(C)c(CC(=O)O)c3-c2cc(C)c3c(c2C)CCCO3)cc1C. The standard InChI is InChI=1S/C31H33NO5.C4H10O/c1-17-15-26-23(10-11-32(26)31(35)21-8-9-27(36-5)18(2)13-21)29(24(17)16-28(33)34)25-14-19(3)30-22(20(25)4)7-6-12-37-30;1-4(2,3)5/h8-9,13-15H,6-7,10-12,16H2,1-5H3,(H,33,34);5H,1-3H3. The number of rotatable bonds is 5. The van der Waals surface area contributed by atoms with E-state index in [4.69, 9.17) is 14.6 Å². The van der Waals surface area contributed by atoms with Crippen LogP contribution in [0.2, 0.25) is 0 Å². The van der Waals surface area contributed by atoms with Crippen molar-refractivity contribution in [3.05, 3.63) is 74.8 Å². The number of carboxylic acids is 1. The minimum atomic E-state index is -0.861. The van der Waals surface area contributed by atoms with Crippen LogP contribution in [-0.2, 0) is 24.1 Å². The first-order valence-electron chi connectivity index (χ1n) is 14.5. The highest BCUT2D eigenvalue weighted by molar-refractivity contribution is 6.08.